The van der Waals surface area contributed by atoms with E-state index < -0.39 is 10.9 Å². The summed E-state index contributed by atoms with van der Waals surface area (Å²) in [7, 11) is 0. The van der Waals surface area contributed by atoms with E-state index in [2.05, 4.69) is 0 Å². The van der Waals surface area contributed by atoms with Crippen LogP contribution in [-0.4, -0.2) is 29.1 Å². The third-order valence-electron chi connectivity index (χ3n) is 2.53. The van der Waals surface area contributed by atoms with Gasteiger partial charge < -0.3 is 10.0 Å². The Morgan fingerprint density at radius 2 is 2.00 bits per heavy atom. The summed E-state index contributed by atoms with van der Waals surface area (Å²) in [6.45, 7) is 4.89. The third kappa shape index (κ3) is 2.52. The largest absolute Gasteiger partial charge is 0.477 e. The van der Waals surface area contributed by atoms with Crippen molar-refractivity contribution < 1.29 is 14.8 Å². The second-order valence-electron chi connectivity index (χ2n) is 3.41. The van der Waals surface area contributed by atoms with Crippen LogP contribution in [-0.2, 0) is 0 Å². The summed E-state index contributed by atoms with van der Waals surface area (Å²) >= 11 is 0. The number of rotatable bonds is 5. The van der Waals surface area contributed by atoms with Crippen molar-refractivity contribution in [2.75, 3.05) is 18.0 Å². The lowest BCUT2D eigenvalue weighted by Crippen LogP contribution is -2.23. The molecule has 0 fully saturated rings. The number of carboxylic acids is 1. The van der Waals surface area contributed by atoms with Gasteiger partial charge in [0.2, 0.25) is 0 Å². The first kappa shape index (κ1) is 13.0. The van der Waals surface area contributed by atoms with Crippen LogP contribution in [0.3, 0.4) is 0 Å². The number of nitro groups is 1. The van der Waals surface area contributed by atoms with Crippen LogP contribution < -0.4 is 4.90 Å². The van der Waals surface area contributed by atoms with Crippen molar-refractivity contribution in [3.8, 4) is 0 Å². The minimum atomic E-state index is -1.29. The fourth-order valence-electron chi connectivity index (χ4n) is 1.72. The van der Waals surface area contributed by atoms with Gasteiger partial charge in [-0.3, -0.25) is 10.1 Å². The Morgan fingerprint density at radius 1 is 1.41 bits per heavy atom. The molecular weight excluding hydrogens is 224 g/mol. The third-order valence-corrected chi connectivity index (χ3v) is 2.53. The molecule has 0 aromatic heterocycles. The van der Waals surface area contributed by atoms with Crippen molar-refractivity contribution >= 4 is 17.3 Å². The van der Waals surface area contributed by atoms with E-state index in [1.54, 1.807) is 11.0 Å². The van der Waals surface area contributed by atoms with Crippen molar-refractivity contribution in [3.63, 3.8) is 0 Å². The maximum atomic E-state index is 11.0. The quantitative estimate of drug-likeness (QED) is 0.627. The van der Waals surface area contributed by atoms with Gasteiger partial charge in [-0.05, 0) is 26.0 Å². The highest BCUT2D eigenvalue weighted by Gasteiger charge is 2.26. The van der Waals surface area contributed by atoms with Crippen molar-refractivity contribution in [2.24, 2.45) is 0 Å². The molecule has 0 spiro atoms. The minimum Gasteiger partial charge on any atom is -0.477 e. The highest BCUT2D eigenvalue weighted by atomic mass is 16.6. The predicted octanol–water partition coefficient (Wildman–Crippen LogP) is 2.14. The molecule has 0 saturated carbocycles. The van der Waals surface area contributed by atoms with Crippen LogP contribution in [0.2, 0.25) is 0 Å². The molecule has 0 saturated heterocycles. The number of para-hydroxylation sites is 1. The summed E-state index contributed by atoms with van der Waals surface area (Å²) in [5.74, 6) is -1.29. The number of nitro benzene ring substituents is 1. The average molecular weight is 238 g/mol. The van der Waals surface area contributed by atoms with Crippen LogP contribution in [0.15, 0.2) is 18.2 Å². The van der Waals surface area contributed by atoms with Crippen molar-refractivity contribution in [1.29, 1.82) is 0 Å². The molecule has 1 aromatic rings. The number of hydrogen-bond donors (Lipinski definition) is 1. The number of carboxylic acid groups (broad SMARTS) is 1. The first-order valence-electron chi connectivity index (χ1n) is 5.28. The molecule has 0 amide bonds. The van der Waals surface area contributed by atoms with E-state index in [0.29, 0.717) is 18.8 Å². The molecule has 6 nitrogen and oxygen atoms in total. The summed E-state index contributed by atoms with van der Waals surface area (Å²) in [6, 6.07) is 4.33. The molecule has 0 unspecified atom stereocenters. The Morgan fingerprint density at radius 3 is 2.41 bits per heavy atom. The molecule has 0 bridgehead atoms. The van der Waals surface area contributed by atoms with Crippen molar-refractivity contribution in [1.82, 2.24) is 0 Å². The first-order valence-corrected chi connectivity index (χ1v) is 5.28. The number of nitrogens with zero attached hydrogens (tertiary/aromatic N) is 2. The molecule has 0 radical (unpaired) electrons. The summed E-state index contributed by atoms with van der Waals surface area (Å²) < 4.78 is 0. The lowest BCUT2D eigenvalue weighted by atomic mass is 10.1. The molecule has 1 N–H and O–H groups in total. The Bertz CT molecular complexity index is 441. The lowest BCUT2D eigenvalue weighted by molar-refractivity contribution is -0.384. The molecule has 0 aliphatic heterocycles. The van der Waals surface area contributed by atoms with Crippen LogP contribution >= 0.6 is 0 Å². The van der Waals surface area contributed by atoms with E-state index >= 15 is 0 Å². The van der Waals surface area contributed by atoms with Crippen LogP contribution in [0.25, 0.3) is 0 Å². The molecule has 1 rings (SSSR count). The summed E-state index contributed by atoms with van der Waals surface area (Å²) in [4.78, 5) is 23.1. The van der Waals surface area contributed by atoms with Crippen LogP contribution in [0.4, 0.5) is 11.4 Å². The van der Waals surface area contributed by atoms with Crippen LogP contribution in [0, 0.1) is 10.1 Å². The highest BCUT2D eigenvalue weighted by molar-refractivity contribution is 5.95. The number of carbonyl (C=O) groups is 1. The number of aromatic carboxylic acids is 1. The van der Waals surface area contributed by atoms with Crippen LogP contribution in [0.5, 0.6) is 0 Å². The van der Waals surface area contributed by atoms with Gasteiger partial charge in [-0.25, -0.2) is 4.79 Å². The van der Waals surface area contributed by atoms with Gasteiger partial charge in [0.05, 0.1) is 4.92 Å². The van der Waals surface area contributed by atoms with E-state index in [1.165, 1.54) is 12.1 Å². The lowest BCUT2D eigenvalue weighted by Gasteiger charge is -2.21. The molecule has 0 aliphatic carbocycles. The molecule has 0 atom stereocenters. The molecule has 1 aromatic carbocycles. The highest BCUT2D eigenvalue weighted by Crippen LogP contribution is 2.31. The molecular formula is C11H14N2O4. The monoisotopic (exact) mass is 238 g/mol. The smallest absolute Gasteiger partial charge is 0.342 e. The number of hydrogen-bond acceptors (Lipinski definition) is 4. The Labute approximate surface area is 98.6 Å². The second-order valence-corrected chi connectivity index (χ2v) is 3.41. The standard InChI is InChI=1S/C11H14N2O4/c1-3-12(4-2)9-7-5-6-8(11(14)15)10(9)13(16)17/h5-7H,3-4H2,1-2H3,(H,14,15). The predicted molar refractivity (Wildman–Crippen MR) is 63.6 cm³/mol. The SMILES string of the molecule is CCN(CC)c1cccc(C(=O)O)c1[N+](=O)[O-]. The Kier molecular flexibility index (Phi) is 4.03. The van der Waals surface area contributed by atoms with E-state index in [-0.39, 0.29) is 11.3 Å². The zero-order valence-electron chi connectivity index (χ0n) is 9.71. The molecule has 0 aliphatic rings. The fourth-order valence-corrected chi connectivity index (χ4v) is 1.72. The van der Waals surface area contributed by atoms with Gasteiger partial charge in [-0.1, -0.05) is 6.07 Å². The molecule has 92 valence electrons. The van der Waals surface area contributed by atoms with Gasteiger partial charge in [0, 0.05) is 13.1 Å². The van der Waals surface area contributed by atoms with Gasteiger partial charge in [0.15, 0.2) is 0 Å². The van der Waals surface area contributed by atoms with Gasteiger partial charge in [-0.2, -0.15) is 0 Å². The molecule has 0 heterocycles. The fraction of sp³-hybridized carbons (Fsp3) is 0.364. The number of benzene rings is 1. The maximum absolute atomic E-state index is 11.0. The van der Waals surface area contributed by atoms with E-state index in [1.807, 2.05) is 13.8 Å². The summed E-state index contributed by atoms with van der Waals surface area (Å²) in [6.07, 6.45) is 0. The van der Waals surface area contributed by atoms with Crippen LogP contribution in [0.1, 0.15) is 24.2 Å². The van der Waals surface area contributed by atoms with Crippen molar-refractivity contribution in [3.05, 3.63) is 33.9 Å². The molecule has 6 heteroatoms. The van der Waals surface area contributed by atoms with E-state index in [4.69, 9.17) is 5.11 Å². The Hall–Kier alpha value is -2.11. The van der Waals surface area contributed by atoms with Gasteiger partial charge in [-0.15, -0.1) is 0 Å². The maximum Gasteiger partial charge on any atom is 0.342 e. The Balaban J connectivity index is 3.44. The number of anilines is 1. The van der Waals surface area contributed by atoms with E-state index in [0.717, 1.165) is 0 Å². The zero-order valence-corrected chi connectivity index (χ0v) is 9.71. The van der Waals surface area contributed by atoms with E-state index in [9.17, 15) is 14.9 Å². The van der Waals surface area contributed by atoms with Gasteiger partial charge in [0.1, 0.15) is 11.3 Å². The topological polar surface area (TPSA) is 83.7 Å². The van der Waals surface area contributed by atoms with Gasteiger partial charge in [0.25, 0.3) is 0 Å². The minimum absolute atomic E-state index is 0.278. The average Bonchev–Trinajstić information content (AvgIpc) is 2.30. The summed E-state index contributed by atoms with van der Waals surface area (Å²) in [5.41, 5.74) is -0.275. The van der Waals surface area contributed by atoms with Crippen molar-refractivity contribution in [2.45, 2.75) is 13.8 Å². The van der Waals surface area contributed by atoms with Gasteiger partial charge >= 0.3 is 11.7 Å². The second kappa shape index (κ2) is 5.29. The summed E-state index contributed by atoms with van der Waals surface area (Å²) in [5, 5.41) is 19.9. The normalized spacial score (nSPS) is 10.0. The first-order chi connectivity index (χ1) is 8.02. The molecule has 17 heavy (non-hydrogen) atoms. The zero-order chi connectivity index (χ0) is 13.0.